The van der Waals surface area contributed by atoms with E-state index in [1.807, 2.05) is 13.1 Å². The number of aliphatic hydroxyl groups is 1. The number of nitrogens with one attached hydrogen (secondary N) is 2. The molecule has 1 aromatic heterocycles. The first-order chi connectivity index (χ1) is 9.24. The molecule has 2 unspecified atom stereocenters. The highest BCUT2D eigenvalue weighted by Gasteiger charge is 2.23. The molecule has 1 aliphatic heterocycles. The molecule has 2 atom stereocenters. The largest absolute Gasteiger partial charge is 0.391 e. The summed E-state index contributed by atoms with van der Waals surface area (Å²) in [4.78, 5) is 0. The van der Waals surface area contributed by atoms with E-state index in [1.165, 1.54) is 5.56 Å². The van der Waals surface area contributed by atoms with Crippen molar-refractivity contribution in [2.45, 2.75) is 12.6 Å². The lowest BCUT2D eigenvalue weighted by Crippen LogP contribution is -2.30. The number of halogens is 1. The Balaban J connectivity index is 0.00000147. The molecule has 3 rings (SSSR count). The van der Waals surface area contributed by atoms with Gasteiger partial charge < -0.3 is 15.7 Å². The molecule has 2 aromatic rings. The summed E-state index contributed by atoms with van der Waals surface area (Å²) in [6, 6.07) is 6.18. The highest BCUT2D eigenvalue weighted by atomic mass is 35.5. The molecule has 3 N–H and O–H groups in total. The van der Waals surface area contributed by atoms with Crippen LogP contribution in [-0.2, 0) is 13.6 Å². The van der Waals surface area contributed by atoms with Crippen molar-refractivity contribution in [1.29, 1.82) is 0 Å². The first kappa shape index (κ1) is 15.2. The first-order valence-electron chi connectivity index (χ1n) is 6.62. The van der Waals surface area contributed by atoms with Gasteiger partial charge in [0.05, 0.1) is 11.6 Å². The van der Waals surface area contributed by atoms with Gasteiger partial charge in [0.15, 0.2) is 0 Å². The zero-order valence-corrected chi connectivity index (χ0v) is 12.2. The van der Waals surface area contributed by atoms with Crippen LogP contribution in [0.1, 0.15) is 5.56 Å². The predicted molar refractivity (Wildman–Crippen MR) is 79.8 cm³/mol. The molecule has 0 amide bonds. The van der Waals surface area contributed by atoms with Crippen molar-refractivity contribution < 1.29 is 5.11 Å². The third kappa shape index (κ3) is 3.09. The minimum Gasteiger partial charge on any atom is -0.391 e. The Kier molecular flexibility index (Phi) is 4.93. The highest BCUT2D eigenvalue weighted by molar-refractivity contribution is 5.85. The number of hydrogen-bond donors (Lipinski definition) is 3. The van der Waals surface area contributed by atoms with Gasteiger partial charge in [-0.2, -0.15) is 0 Å². The Hall–Kier alpha value is -1.21. The number of hydrogen-bond acceptors (Lipinski definition) is 5. The summed E-state index contributed by atoms with van der Waals surface area (Å²) in [7, 11) is 1.89. The number of rotatable bonds is 4. The first-order valence-corrected chi connectivity index (χ1v) is 6.62. The summed E-state index contributed by atoms with van der Waals surface area (Å²) in [6.45, 7) is 3.21. The molecule has 0 aliphatic carbocycles. The van der Waals surface area contributed by atoms with Gasteiger partial charge in [-0.05, 0) is 17.7 Å². The molecule has 1 fully saturated rings. The van der Waals surface area contributed by atoms with Crippen molar-refractivity contribution in [3.05, 3.63) is 23.8 Å². The monoisotopic (exact) mass is 297 g/mol. The summed E-state index contributed by atoms with van der Waals surface area (Å²) >= 11 is 0. The number of fused-ring (bicyclic) bond motifs is 1. The van der Waals surface area contributed by atoms with Crippen LogP contribution in [0, 0.1) is 5.92 Å². The van der Waals surface area contributed by atoms with Crippen molar-refractivity contribution in [2.75, 3.05) is 19.6 Å². The maximum Gasteiger partial charge on any atom is 0.113 e. The number of aryl methyl sites for hydroxylation is 1. The van der Waals surface area contributed by atoms with Crippen LogP contribution in [0.25, 0.3) is 11.0 Å². The van der Waals surface area contributed by atoms with Gasteiger partial charge in [0.2, 0.25) is 0 Å². The molecule has 0 spiro atoms. The molecule has 0 bridgehead atoms. The molecule has 1 aliphatic rings. The van der Waals surface area contributed by atoms with Gasteiger partial charge in [0.1, 0.15) is 5.52 Å². The standard InChI is InChI=1S/C13H19N5O.ClH/c1-18-12-3-2-9(4-11(12)16-17-18)5-14-6-10-7-15-8-13(10)19;/h2-4,10,13-15,19H,5-8H2,1H3;1H. The van der Waals surface area contributed by atoms with Gasteiger partial charge in [0, 0.05) is 39.1 Å². The van der Waals surface area contributed by atoms with Gasteiger partial charge in [-0.15, -0.1) is 17.5 Å². The lowest BCUT2D eigenvalue weighted by Gasteiger charge is -2.14. The molecule has 0 saturated carbocycles. The van der Waals surface area contributed by atoms with Crippen LogP contribution in [0.5, 0.6) is 0 Å². The molecule has 1 saturated heterocycles. The minimum absolute atomic E-state index is 0. The highest BCUT2D eigenvalue weighted by Crippen LogP contribution is 2.13. The third-order valence-corrected chi connectivity index (χ3v) is 3.71. The van der Waals surface area contributed by atoms with Crippen LogP contribution in [0.15, 0.2) is 18.2 Å². The molecular weight excluding hydrogens is 278 g/mol. The van der Waals surface area contributed by atoms with Crippen molar-refractivity contribution in [1.82, 2.24) is 25.6 Å². The average molecular weight is 298 g/mol. The minimum atomic E-state index is -0.227. The summed E-state index contributed by atoms with van der Waals surface area (Å²) in [5.74, 6) is 0.306. The zero-order valence-electron chi connectivity index (χ0n) is 11.4. The third-order valence-electron chi connectivity index (χ3n) is 3.71. The van der Waals surface area contributed by atoms with Crippen molar-refractivity contribution >= 4 is 23.4 Å². The maximum atomic E-state index is 9.71. The molecule has 20 heavy (non-hydrogen) atoms. The summed E-state index contributed by atoms with van der Waals surface area (Å²) in [5, 5.41) is 24.4. The Morgan fingerprint density at radius 3 is 3.05 bits per heavy atom. The van der Waals surface area contributed by atoms with Crippen LogP contribution >= 0.6 is 12.4 Å². The molecule has 0 radical (unpaired) electrons. The van der Waals surface area contributed by atoms with Crippen LogP contribution in [0.3, 0.4) is 0 Å². The average Bonchev–Trinajstić information content (AvgIpc) is 2.97. The van der Waals surface area contributed by atoms with Gasteiger partial charge in [-0.1, -0.05) is 11.3 Å². The summed E-state index contributed by atoms with van der Waals surface area (Å²) < 4.78 is 1.77. The van der Waals surface area contributed by atoms with Crippen LogP contribution in [0.2, 0.25) is 0 Å². The SMILES string of the molecule is Cl.Cn1nnc2cc(CNCC3CNCC3O)ccc21. The fourth-order valence-electron chi connectivity index (χ4n) is 2.53. The van der Waals surface area contributed by atoms with E-state index in [0.29, 0.717) is 12.5 Å². The van der Waals surface area contributed by atoms with Gasteiger partial charge in [-0.3, -0.25) is 0 Å². The second-order valence-electron chi connectivity index (χ2n) is 5.15. The Labute approximate surface area is 124 Å². The summed E-state index contributed by atoms with van der Waals surface area (Å²) in [6.07, 6.45) is -0.227. The topological polar surface area (TPSA) is 75.0 Å². The smallest absolute Gasteiger partial charge is 0.113 e. The van der Waals surface area contributed by atoms with Crippen LogP contribution in [-0.4, -0.2) is 45.8 Å². The number of aliphatic hydroxyl groups excluding tert-OH is 1. The van der Waals surface area contributed by atoms with E-state index in [1.54, 1.807) is 4.68 Å². The van der Waals surface area contributed by atoms with E-state index in [0.717, 1.165) is 30.7 Å². The van der Waals surface area contributed by atoms with E-state index < -0.39 is 0 Å². The second kappa shape index (κ2) is 6.49. The number of β-amino-alcohol motifs (C(OH)–C–C–N with tert-alkyl or cyclic N) is 1. The molecule has 110 valence electrons. The Morgan fingerprint density at radius 2 is 2.30 bits per heavy atom. The lowest BCUT2D eigenvalue weighted by atomic mass is 10.1. The molecule has 1 aromatic carbocycles. The Morgan fingerprint density at radius 1 is 1.45 bits per heavy atom. The quantitative estimate of drug-likeness (QED) is 0.744. The number of benzene rings is 1. The van der Waals surface area contributed by atoms with Crippen LogP contribution < -0.4 is 10.6 Å². The second-order valence-corrected chi connectivity index (χ2v) is 5.15. The fourth-order valence-corrected chi connectivity index (χ4v) is 2.53. The predicted octanol–water partition coefficient (Wildman–Crippen LogP) is 0.0600. The zero-order chi connectivity index (χ0) is 13.2. The van der Waals surface area contributed by atoms with E-state index in [-0.39, 0.29) is 18.5 Å². The normalized spacial score (nSPS) is 22.1. The number of nitrogens with zero attached hydrogens (tertiary/aromatic N) is 3. The fraction of sp³-hybridized carbons (Fsp3) is 0.538. The lowest BCUT2D eigenvalue weighted by molar-refractivity contribution is 0.146. The van der Waals surface area contributed by atoms with E-state index >= 15 is 0 Å². The van der Waals surface area contributed by atoms with Crippen LogP contribution in [0.4, 0.5) is 0 Å². The van der Waals surface area contributed by atoms with Gasteiger partial charge in [0.25, 0.3) is 0 Å². The van der Waals surface area contributed by atoms with Crippen molar-refractivity contribution in [3.8, 4) is 0 Å². The maximum absolute atomic E-state index is 9.71. The van der Waals surface area contributed by atoms with Gasteiger partial charge >= 0.3 is 0 Å². The van der Waals surface area contributed by atoms with Crippen molar-refractivity contribution in [2.24, 2.45) is 13.0 Å². The molecule has 2 heterocycles. The van der Waals surface area contributed by atoms with E-state index in [4.69, 9.17) is 0 Å². The van der Waals surface area contributed by atoms with Gasteiger partial charge in [-0.25, -0.2) is 4.68 Å². The Bertz CT molecular complexity index is 573. The van der Waals surface area contributed by atoms with E-state index in [9.17, 15) is 5.11 Å². The number of aromatic nitrogens is 3. The molecule has 6 nitrogen and oxygen atoms in total. The molecule has 7 heteroatoms. The van der Waals surface area contributed by atoms with E-state index in [2.05, 4.69) is 33.1 Å². The van der Waals surface area contributed by atoms with Crippen molar-refractivity contribution in [3.63, 3.8) is 0 Å². The molecular formula is C13H20ClN5O. The summed E-state index contributed by atoms with van der Waals surface area (Å²) in [5.41, 5.74) is 3.15.